The summed E-state index contributed by atoms with van der Waals surface area (Å²) in [7, 11) is 1.80. The van der Waals surface area contributed by atoms with Gasteiger partial charge in [0.2, 0.25) is 0 Å². The van der Waals surface area contributed by atoms with Crippen molar-refractivity contribution in [2.75, 3.05) is 31.1 Å². The van der Waals surface area contributed by atoms with Crippen LogP contribution >= 0.6 is 0 Å². The van der Waals surface area contributed by atoms with E-state index in [1.165, 1.54) is 0 Å². The number of aromatic amines is 1. The molecule has 0 radical (unpaired) electrons. The highest BCUT2D eigenvalue weighted by molar-refractivity contribution is 5.97. The summed E-state index contributed by atoms with van der Waals surface area (Å²) in [6, 6.07) is 15.4. The number of amides is 1. The molecule has 5 aromatic rings. The predicted octanol–water partition coefficient (Wildman–Crippen LogP) is 4.85. The second-order valence-corrected chi connectivity index (χ2v) is 9.86. The van der Waals surface area contributed by atoms with Crippen LogP contribution < -0.4 is 4.90 Å². The number of aromatic nitrogens is 4. The van der Waals surface area contributed by atoms with E-state index in [0.717, 1.165) is 5.69 Å². The summed E-state index contributed by atoms with van der Waals surface area (Å²) in [5.41, 5.74) is 2.76. The largest absolute Gasteiger partial charge is 0.367 e. The molecule has 11 heteroatoms. The average Bonchev–Trinajstić information content (AvgIpc) is 3.58. The van der Waals surface area contributed by atoms with Crippen LogP contribution in [-0.2, 0) is 7.05 Å². The van der Waals surface area contributed by atoms with E-state index >= 15 is 0 Å². The van der Waals surface area contributed by atoms with E-state index in [4.69, 9.17) is 0 Å². The number of rotatable bonds is 4. The normalized spacial score (nSPS) is 14.6. The molecule has 0 saturated carbocycles. The van der Waals surface area contributed by atoms with E-state index in [-0.39, 0.29) is 22.8 Å². The van der Waals surface area contributed by atoms with Gasteiger partial charge in [0.1, 0.15) is 28.8 Å². The number of carbonyl (C=O) groups excluding carboxylic acids is 1. The minimum absolute atomic E-state index is 0.101. The molecule has 0 spiro atoms. The van der Waals surface area contributed by atoms with Gasteiger partial charge >= 0.3 is 0 Å². The molecule has 1 saturated heterocycles. The molecule has 3 aromatic carbocycles. The third-order valence-corrected chi connectivity index (χ3v) is 7.52. The van der Waals surface area contributed by atoms with Crippen LogP contribution in [0.5, 0.6) is 0 Å². The molecule has 1 unspecified atom stereocenters. The first kappa shape index (κ1) is 25.4. The van der Waals surface area contributed by atoms with Crippen molar-refractivity contribution in [2.24, 2.45) is 7.05 Å². The van der Waals surface area contributed by atoms with Crippen LogP contribution in [0.2, 0.25) is 0 Å². The van der Waals surface area contributed by atoms with Crippen LogP contribution in [0.25, 0.3) is 22.1 Å². The number of halogens is 3. The van der Waals surface area contributed by atoms with Crippen LogP contribution in [0.3, 0.4) is 0 Å². The minimum atomic E-state index is -1.29. The van der Waals surface area contributed by atoms with Gasteiger partial charge in [-0.15, -0.1) is 0 Å². The van der Waals surface area contributed by atoms with Crippen molar-refractivity contribution >= 4 is 33.7 Å². The fraction of sp³-hybridized carbons (Fsp3) is 0.241. The first-order valence-electron chi connectivity index (χ1n) is 12.8. The van der Waals surface area contributed by atoms with Crippen molar-refractivity contribution in [2.45, 2.75) is 12.8 Å². The van der Waals surface area contributed by atoms with Gasteiger partial charge in [0.05, 0.1) is 28.2 Å². The van der Waals surface area contributed by atoms with E-state index in [1.807, 2.05) is 22.8 Å². The highest BCUT2D eigenvalue weighted by Gasteiger charge is 2.26. The summed E-state index contributed by atoms with van der Waals surface area (Å²) in [5, 5.41) is 9.42. The minimum Gasteiger partial charge on any atom is -0.367 e. The molecule has 1 fully saturated rings. The molecular formula is C29H24F3N7O. The number of nitriles is 1. The number of carbonyl (C=O) groups is 1. The molecule has 6 rings (SSSR count). The third kappa shape index (κ3) is 4.12. The Bertz CT molecular complexity index is 1830. The molecule has 40 heavy (non-hydrogen) atoms. The van der Waals surface area contributed by atoms with E-state index in [1.54, 1.807) is 43.1 Å². The first-order chi connectivity index (χ1) is 19.3. The zero-order chi connectivity index (χ0) is 28.1. The summed E-state index contributed by atoms with van der Waals surface area (Å²) < 4.78 is 43.9. The summed E-state index contributed by atoms with van der Waals surface area (Å²) in [5.74, 6) is -3.24. The third-order valence-electron chi connectivity index (χ3n) is 7.52. The van der Waals surface area contributed by atoms with E-state index < -0.39 is 23.4 Å². The lowest BCUT2D eigenvalue weighted by molar-refractivity contribution is 0.0747. The highest BCUT2D eigenvalue weighted by Crippen LogP contribution is 2.30. The smallest absolute Gasteiger partial charge is 0.254 e. The molecule has 3 heterocycles. The van der Waals surface area contributed by atoms with Gasteiger partial charge in [-0.2, -0.15) is 5.26 Å². The second-order valence-electron chi connectivity index (χ2n) is 9.86. The first-order valence-corrected chi connectivity index (χ1v) is 12.8. The maximum absolute atomic E-state index is 14.2. The standard InChI is InChI=1S/C29H24F3N7O/c1-16(27-35-25-20(31)14-19(30)24(32)26(25)36-27)28-34-21-8-7-17(13-23(21)37(28)2)29(40)39-11-9-38(10-12-39)22-6-4-3-5-18(22)15-33/h3-8,13-14,16H,9-12H2,1-2H3,(H,35,36). The summed E-state index contributed by atoms with van der Waals surface area (Å²) in [6.07, 6.45) is 0. The molecule has 1 N–H and O–H groups in total. The van der Waals surface area contributed by atoms with Gasteiger partial charge in [-0.25, -0.2) is 23.1 Å². The zero-order valence-corrected chi connectivity index (χ0v) is 21.8. The number of nitrogens with zero attached hydrogens (tertiary/aromatic N) is 6. The number of H-pyrrole nitrogens is 1. The lowest BCUT2D eigenvalue weighted by Crippen LogP contribution is -2.49. The van der Waals surface area contributed by atoms with Crippen LogP contribution in [0.1, 0.15) is 40.4 Å². The molecule has 8 nitrogen and oxygen atoms in total. The van der Waals surface area contributed by atoms with Crippen molar-refractivity contribution < 1.29 is 18.0 Å². The predicted molar refractivity (Wildman–Crippen MR) is 143 cm³/mol. The number of benzene rings is 3. The molecule has 202 valence electrons. The number of hydrogen-bond donors (Lipinski definition) is 1. The van der Waals surface area contributed by atoms with Crippen molar-refractivity contribution in [3.63, 3.8) is 0 Å². The van der Waals surface area contributed by atoms with Gasteiger partial charge in [0.15, 0.2) is 17.5 Å². The van der Waals surface area contributed by atoms with Crippen LogP contribution in [0, 0.1) is 28.8 Å². The second kappa shape index (κ2) is 9.72. The molecule has 1 aliphatic rings. The van der Waals surface area contributed by atoms with Gasteiger partial charge in [0, 0.05) is 44.9 Å². The number of hydrogen-bond acceptors (Lipinski definition) is 5. The van der Waals surface area contributed by atoms with Gasteiger partial charge < -0.3 is 19.4 Å². The Kier molecular flexibility index (Phi) is 6.18. The monoisotopic (exact) mass is 543 g/mol. The van der Waals surface area contributed by atoms with Crippen LogP contribution in [0.4, 0.5) is 18.9 Å². The summed E-state index contributed by atoms with van der Waals surface area (Å²) in [6.45, 7) is 4.04. The molecule has 2 aromatic heterocycles. The molecule has 0 bridgehead atoms. The lowest BCUT2D eigenvalue weighted by Gasteiger charge is -2.36. The Hall–Kier alpha value is -4.85. The Balaban J connectivity index is 1.24. The van der Waals surface area contributed by atoms with Crippen molar-refractivity contribution in [3.05, 3.63) is 88.8 Å². The van der Waals surface area contributed by atoms with Crippen LogP contribution in [0.15, 0.2) is 48.5 Å². The molecule has 1 atom stereocenters. The number of fused-ring (bicyclic) bond motifs is 2. The Morgan fingerprint density at radius 1 is 1.02 bits per heavy atom. The Morgan fingerprint density at radius 3 is 2.52 bits per heavy atom. The average molecular weight is 544 g/mol. The maximum Gasteiger partial charge on any atom is 0.254 e. The van der Waals surface area contributed by atoms with Crippen LogP contribution in [-0.4, -0.2) is 56.5 Å². The quantitative estimate of drug-likeness (QED) is 0.327. The van der Waals surface area contributed by atoms with Gasteiger partial charge in [-0.3, -0.25) is 4.79 Å². The number of imidazole rings is 2. The number of para-hydroxylation sites is 1. The number of nitrogens with one attached hydrogen (secondary N) is 1. The Labute approximate surface area is 227 Å². The van der Waals surface area contributed by atoms with Gasteiger partial charge in [-0.05, 0) is 37.3 Å². The van der Waals surface area contributed by atoms with Gasteiger partial charge in [-0.1, -0.05) is 12.1 Å². The van der Waals surface area contributed by atoms with E-state index in [2.05, 4.69) is 25.9 Å². The summed E-state index contributed by atoms with van der Waals surface area (Å²) >= 11 is 0. The molecule has 1 aliphatic heterocycles. The number of aryl methyl sites for hydroxylation is 1. The fourth-order valence-electron chi connectivity index (χ4n) is 5.32. The highest BCUT2D eigenvalue weighted by atomic mass is 19.2. The molecule has 0 aliphatic carbocycles. The van der Waals surface area contributed by atoms with Gasteiger partial charge in [0.25, 0.3) is 5.91 Å². The number of piperazine rings is 1. The summed E-state index contributed by atoms with van der Waals surface area (Å²) in [4.78, 5) is 28.9. The topological polar surface area (TPSA) is 93.8 Å². The zero-order valence-electron chi connectivity index (χ0n) is 21.8. The Morgan fingerprint density at radius 2 is 1.77 bits per heavy atom. The lowest BCUT2D eigenvalue weighted by atomic mass is 10.1. The van der Waals surface area contributed by atoms with Crippen molar-refractivity contribution in [1.29, 1.82) is 5.26 Å². The van der Waals surface area contributed by atoms with Crippen molar-refractivity contribution in [1.82, 2.24) is 24.4 Å². The molecule has 1 amide bonds. The van der Waals surface area contributed by atoms with Crippen molar-refractivity contribution in [3.8, 4) is 6.07 Å². The fourth-order valence-corrected chi connectivity index (χ4v) is 5.32. The maximum atomic E-state index is 14.2. The number of anilines is 1. The SMILES string of the molecule is CC(c1nc2c(F)cc(F)c(F)c2[nH]1)c1nc2ccc(C(=O)N3CCN(c4ccccc4C#N)CC3)cc2n1C. The van der Waals surface area contributed by atoms with E-state index in [0.29, 0.717) is 60.2 Å². The van der Waals surface area contributed by atoms with E-state index in [9.17, 15) is 23.2 Å². The molecular weight excluding hydrogens is 519 g/mol.